The summed E-state index contributed by atoms with van der Waals surface area (Å²) in [4.78, 5) is 24.6. The Kier molecular flexibility index (Phi) is 5.67. The zero-order valence-corrected chi connectivity index (χ0v) is 15.5. The molecule has 0 spiro atoms. The van der Waals surface area contributed by atoms with E-state index in [0.29, 0.717) is 17.7 Å². The van der Waals surface area contributed by atoms with E-state index in [1.165, 1.54) is 0 Å². The van der Waals surface area contributed by atoms with Crippen LogP contribution in [0.15, 0.2) is 72.8 Å². The van der Waals surface area contributed by atoms with Gasteiger partial charge in [0.15, 0.2) is 0 Å². The summed E-state index contributed by atoms with van der Waals surface area (Å²) < 4.78 is 0. The number of nitrogens with one attached hydrogen (secondary N) is 2. The first-order chi connectivity index (χ1) is 13.0. The van der Waals surface area contributed by atoms with E-state index in [1.807, 2.05) is 62.4 Å². The molecule has 4 nitrogen and oxygen atoms in total. The molecular formula is C23H22N2O2. The second kappa shape index (κ2) is 8.32. The van der Waals surface area contributed by atoms with Crippen molar-refractivity contribution in [3.8, 4) is 0 Å². The number of carbonyl (C=O) groups excluding carboxylic acids is 2. The van der Waals surface area contributed by atoms with Crippen molar-refractivity contribution in [3.63, 3.8) is 0 Å². The monoisotopic (exact) mass is 358 g/mol. The molecular weight excluding hydrogens is 336 g/mol. The van der Waals surface area contributed by atoms with Crippen LogP contribution in [0, 0.1) is 13.8 Å². The van der Waals surface area contributed by atoms with Gasteiger partial charge in [-0.05, 0) is 60.9 Å². The molecule has 3 rings (SSSR count). The number of carbonyl (C=O) groups is 2. The standard InChI is InChI=1S/C23H22N2O2/c1-16-8-9-17(2)21(14-16)25-23(27)19-10-12-20(13-11-19)24-22(26)15-18-6-4-3-5-7-18/h3-14H,15H2,1-2H3,(H,24,26)(H,25,27). The van der Waals surface area contributed by atoms with E-state index in [4.69, 9.17) is 0 Å². The molecule has 0 aliphatic heterocycles. The van der Waals surface area contributed by atoms with Crippen molar-refractivity contribution in [2.75, 3.05) is 10.6 Å². The molecule has 0 heterocycles. The van der Waals surface area contributed by atoms with E-state index in [0.717, 1.165) is 22.4 Å². The first kappa shape index (κ1) is 18.4. The molecule has 27 heavy (non-hydrogen) atoms. The third-order valence-electron chi connectivity index (χ3n) is 4.28. The van der Waals surface area contributed by atoms with Crippen molar-refractivity contribution in [3.05, 3.63) is 95.1 Å². The first-order valence-corrected chi connectivity index (χ1v) is 8.84. The minimum atomic E-state index is -0.175. The lowest BCUT2D eigenvalue weighted by Gasteiger charge is -2.10. The summed E-state index contributed by atoms with van der Waals surface area (Å²) in [7, 11) is 0. The fourth-order valence-corrected chi connectivity index (χ4v) is 2.76. The molecule has 4 heteroatoms. The topological polar surface area (TPSA) is 58.2 Å². The third-order valence-corrected chi connectivity index (χ3v) is 4.28. The Morgan fingerprint density at radius 2 is 1.52 bits per heavy atom. The van der Waals surface area contributed by atoms with Gasteiger partial charge >= 0.3 is 0 Å². The Balaban J connectivity index is 1.62. The summed E-state index contributed by atoms with van der Waals surface area (Å²) in [5.74, 6) is -0.264. The molecule has 0 aliphatic rings. The molecule has 0 saturated heterocycles. The smallest absolute Gasteiger partial charge is 0.255 e. The fraction of sp³-hybridized carbons (Fsp3) is 0.130. The predicted octanol–water partition coefficient (Wildman–Crippen LogP) is 4.74. The van der Waals surface area contributed by atoms with Crippen molar-refractivity contribution < 1.29 is 9.59 Å². The summed E-state index contributed by atoms with van der Waals surface area (Å²) in [6.07, 6.45) is 0.315. The molecule has 0 aliphatic carbocycles. The zero-order chi connectivity index (χ0) is 19.2. The molecule has 0 atom stereocenters. The van der Waals surface area contributed by atoms with E-state index in [1.54, 1.807) is 24.3 Å². The Morgan fingerprint density at radius 1 is 0.815 bits per heavy atom. The summed E-state index contributed by atoms with van der Waals surface area (Å²) in [6, 6.07) is 22.4. The lowest BCUT2D eigenvalue weighted by atomic mass is 10.1. The van der Waals surface area contributed by atoms with E-state index < -0.39 is 0 Å². The molecule has 3 aromatic rings. The molecule has 2 N–H and O–H groups in total. The summed E-state index contributed by atoms with van der Waals surface area (Å²) >= 11 is 0. The second-order valence-electron chi connectivity index (χ2n) is 6.56. The van der Waals surface area contributed by atoms with Gasteiger partial charge in [-0.3, -0.25) is 9.59 Å². The summed E-state index contributed by atoms with van der Waals surface area (Å²) in [6.45, 7) is 3.95. The van der Waals surface area contributed by atoms with Gasteiger partial charge < -0.3 is 10.6 Å². The van der Waals surface area contributed by atoms with Crippen LogP contribution in [0.2, 0.25) is 0 Å². The van der Waals surface area contributed by atoms with Crippen LogP contribution in [0.5, 0.6) is 0 Å². The van der Waals surface area contributed by atoms with Crippen LogP contribution in [0.25, 0.3) is 0 Å². The lowest BCUT2D eigenvalue weighted by Crippen LogP contribution is -2.15. The van der Waals surface area contributed by atoms with Crippen molar-refractivity contribution in [1.29, 1.82) is 0 Å². The minimum absolute atomic E-state index is 0.0891. The Labute approximate surface area is 159 Å². The van der Waals surface area contributed by atoms with Crippen molar-refractivity contribution in [1.82, 2.24) is 0 Å². The van der Waals surface area contributed by atoms with Gasteiger partial charge in [-0.15, -0.1) is 0 Å². The SMILES string of the molecule is Cc1ccc(C)c(NC(=O)c2ccc(NC(=O)Cc3ccccc3)cc2)c1. The Hall–Kier alpha value is -3.40. The van der Waals surface area contributed by atoms with Gasteiger partial charge in [0.05, 0.1) is 6.42 Å². The molecule has 2 amide bonds. The van der Waals surface area contributed by atoms with Crippen LogP contribution < -0.4 is 10.6 Å². The fourth-order valence-electron chi connectivity index (χ4n) is 2.76. The normalized spacial score (nSPS) is 10.3. The van der Waals surface area contributed by atoms with E-state index in [9.17, 15) is 9.59 Å². The van der Waals surface area contributed by atoms with Crippen molar-refractivity contribution >= 4 is 23.2 Å². The van der Waals surface area contributed by atoms with Gasteiger partial charge in [0.25, 0.3) is 5.91 Å². The predicted molar refractivity (Wildman–Crippen MR) is 109 cm³/mol. The number of aryl methyl sites for hydroxylation is 2. The lowest BCUT2D eigenvalue weighted by molar-refractivity contribution is -0.115. The molecule has 0 saturated carbocycles. The largest absolute Gasteiger partial charge is 0.326 e. The third kappa shape index (κ3) is 5.05. The molecule has 0 aromatic heterocycles. The van der Waals surface area contributed by atoms with E-state index in [-0.39, 0.29) is 11.8 Å². The van der Waals surface area contributed by atoms with Gasteiger partial charge in [-0.1, -0.05) is 42.5 Å². The number of benzene rings is 3. The number of amides is 2. The Bertz CT molecular complexity index is 948. The van der Waals surface area contributed by atoms with Crippen LogP contribution in [-0.4, -0.2) is 11.8 Å². The Morgan fingerprint density at radius 3 is 2.22 bits per heavy atom. The molecule has 3 aromatic carbocycles. The first-order valence-electron chi connectivity index (χ1n) is 8.84. The molecule has 0 unspecified atom stereocenters. The average molecular weight is 358 g/mol. The highest BCUT2D eigenvalue weighted by molar-refractivity contribution is 6.05. The number of hydrogen-bond acceptors (Lipinski definition) is 2. The zero-order valence-electron chi connectivity index (χ0n) is 15.5. The average Bonchev–Trinajstić information content (AvgIpc) is 2.66. The quantitative estimate of drug-likeness (QED) is 0.692. The second-order valence-corrected chi connectivity index (χ2v) is 6.56. The van der Waals surface area contributed by atoms with Gasteiger partial charge in [0.2, 0.25) is 5.91 Å². The summed E-state index contributed by atoms with van der Waals surface area (Å²) in [5, 5.41) is 5.79. The van der Waals surface area contributed by atoms with Gasteiger partial charge in [-0.25, -0.2) is 0 Å². The van der Waals surface area contributed by atoms with Crippen LogP contribution in [0.3, 0.4) is 0 Å². The maximum absolute atomic E-state index is 12.5. The number of anilines is 2. The highest BCUT2D eigenvalue weighted by Crippen LogP contribution is 2.18. The molecule has 0 radical (unpaired) electrons. The maximum atomic E-state index is 12.5. The van der Waals surface area contributed by atoms with Gasteiger partial charge in [0, 0.05) is 16.9 Å². The van der Waals surface area contributed by atoms with Crippen molar-refractivity contribution in [2.24, 2.45) is 0 Å². The number of rotatable bonds is 5. The molecule has 136 valence electrons. The molecule has 0 bridgehead atoms. The maximum Gasteiger partial charge on any atom is 0.255 e. The highest BCUT2D eigenvalue weighted by Gasteiger charge is 2.09. The minimum Gasteiger partial charge on any atom is -0.326 e. The van der Waals surface area contributed by atoms with Gasteiger partial charge in [-0.2, -0.15) is 0 Å². The number of hydrogen-bond donors (Lipinski definition) is 2. The molecule has 0 fully saturated rings. The van der Waals surface area contributed by atoms with E-state index in [2.05, 4.69) is 10.6 Å². The highest BCUT2D eigenvalue weighted by atomic mass is 16.2. The van der Waals surface area contributed by atoms with Crippen LogP contribution in [-0.2, 0) is 11.2 Å². The van der Waals surface area contributed by atoms with Crippen LogP contribution in [0.1, 0.15) is 27.0 Å². The van der Waals surface area contributed by atoms with Crippen LogP contribution in [0.4, 0.5) is 11.4 Å². The van der Waals surface area contributed by atoms with Gasteiger partial charge in [0.1, 0.15) is 0 Å². The van der Waals surface area contributed by atoms with Crippen LogP contribution >= 0.6 is 0 Å². The van der Waals surface area contributed by atoms with E-state index >= 15 is 0 Å². The summed E-state index contributed by atoms with van der Waals surface area (Å²) in [5.41, 5.74) is 5.07. The van der Waals surface area contributed by atoms with Crippen molar-refractivity contribution in [2.45, 2.75) is 20.3 Å².